The van der Waals surface area contributed by atoms with E-state index in [1.165, 1.54) is 11.3 Å². The molecule has 4 nitrogen and oxygen atoms in total. The fraction of sp³-hybridized carbons (Fsp3) is 0.500. The molecule has 0 aliphatic rings. The Hall–Kier alpha value is -0.910. The molecule has 0 radical (unpaired) electrons. The number of carbonyl (C=O) groups excluding carboxylic acids is 1. The van der Waals surface area contributed by atoms with Gasteiger partial charge in [0.1, 0.15) is 6.10 Å². The molecule has 0 fully saturated rings. The number of carbonyl (C=O) groups is 1. The minimum absolute atomic E-state index is 0.00751. The van der Waals surface area contributed by atoms with E-state index >= 15 is 0 Å². The zero-order valence-corrected chi connectivity index (χ0v) is 9.51. The van der Waals surface area contributed by atoms with Crippen molar-refractivity contribution in [3.8, 4) is 0 Å². The van der Waals surface area contributed by atoms with Gasteiger partial charge in [0, 0.05) is 31.4 Å². The van der Waals surface area contributed by atoms with Gasteiger partial charge in [0.2, 0.25) is 5.91 Å². The molecule has 0 aliphatic carbocycles. The first-order valence-corrected chi connectivity index (χ1v) is 5.74. The summed E-state index contributed by atoms with van der Waals surface area (Å²) in [6.45, 7) is 1.07. The largest absolute Gasteiger partial charge is 0.386 e. The Morgan fingerprint density at radius 3 is 3.07 bits per heavy atom. The van der Waals surface area contributed by atoms with Gasteiger partial charge in [-0.25, -0.2) is 0 Å². The van der Waals surface area contributed by atoms with Crippen LogP contribution in [0.4, 0.5) is 0 Å². The highest BCUT2D eigenvalue weighted by Crippen LogP contribution is 2.17. The van der Waals surface area contributed by atoms with Crippen molar-refractivity contribution in [3.63, 3.8) is 0 Å². The lowest BCUT2D eigenvalue weighted by Crippen LogP contribution is -2.27. The van der Waals surface area contributed by atoms with E-state index < -0.39 is 6.10 Å². The highest BCUT2D eigenvalue weighted by Gasteiger charge is 2.07. The van der Waals surface area contributed by atoms with Gasteiger partial charge >= 0.3 is 0 Å². The van der Waals surface area contributed by atoms with Crippen molar-refractivity contribution in [2.24, 2.45) is 0 Å². The van der Waals surface area contributed by atoms with E-state index in [2.05, 4.69) is 10.6 Å². The fourth-order valence-corrected chi connectivity index (χ4v) is 1.86. The first-order chi connectivity index (χ1) is 7.24. The topological polar surface area (TPSA) is 61.4 Å². The number of hydrogen-bond acceptors (Lipinski definition) is 4. The molecule has 1 rings (SSSR count). The number of rotatable bonds is 6. The average molecular weight is 228 g/mol. The van der Waals surface area contributed by atoms with Crippen LogP contribution < -0.4 is 10.6 Å². The van der Waals surface area contributed by atoms with Gasteiger partial charge in [0.15, 0.2) is 0 Å². The van der Waals surface area contributed by atoms with Crippen molar-refractivity contribution in [2.45, 2.75) is 12.5 Å². The SMILES string of the molecule is CNC(=O)CCNCC(O)c1cccs1. The van der Waals surface area contributed by atoms with Gasteiger partial charge in [-0.3, -0.25) is 4.79 Å². The van der Waals surface area contributed by atoms with Crippen molar-refractivity contribution >= 4 is 17.2 Å². The van der Waals surface area contributed by atoms with Crippen molar-refractivity contribution in [1.29, 1.82) is 0 Å². The Morgan fingerprint density at radius 2 is 2.47 bits per heavy atom. The summed E-state index contributed by atoms with van der Waals surface area (Å²) in [5.74, 6) is 0.00751. The summed E-state index contributed by atoms with van der Waals surface area (Å²) >= 11 is 1.53. The molecule has 1 unspecified atom stereocenters. The van der Waals surface area contributed by atoms with Gasteiger partial charge in [-0.15, -0.1) is 11.3 Å². The number of amides is 1. The quantitative estimate of drug-likeness (QED) is 0.622. The number of thiophene rings is 1. The van der Waals surface area contributed by atoms with Crippen LogP contribution in [0.1, 0.15) is 17.4 Å². The van der Waals surface area contributed by atoms with Gasteiger partial charge < -0.3 is 15.7 Å². The van der Waals surface area contributed by atoms with E-state index in [1.54, 1.807) is 7.05 Å². The summed E-state index contributed by atoms with van der Waals surface area (Å²) in [6.07, 6.45) is -0.0390. The van der Waals surface area contributed by atoms with E-state index in [0.29, 0.717) is 19.5 Å². The van der Waals surface area contributed by atoms with Gasteiger partial charge in [-0.2, -0.15) is 0 Å². The molecule has 0 aliphatic heterocycles. The molecule has 0 saturated carbocycles. The van der Waals surface area contributed by atoms with Crippen LogP contribution in [0.15, 0.2) is 17.5 Å². The average Bonchev–Trinajstić information content (AvgIpc) is 2.77. The molecule has 1 amide bonds. The van der Waals surface area contributed by atoms with Crippen molar-refractivity contribution < 1.29 is 9.90 Å². The Balaban J connectivity index is 2.13. The molecule has 0 saturated heterocycles. The molecule has 1 atom stereocenters. The van der Waals surface area contributed by atoms with Crippen LogP contribution in [-0.4, -0.2) is 31.2 Å². The summed E-state index contributed by atoms with van der Waals surface area (Å²) in [6, 6.07) is 3.81. The van der Waals surface area contributed by atoms with Crippen molar-refractivity contribution in [1.82, 2.24) is 10.6 Å². The predicted octanol–water partition coefficient (Wildman–Crippen LogP) is 0.507. The lowest BCUT2D eigenvalue weighted by molar-refractivity contribution is -0.120. The summed E-state index contributed by atoms with van der Waals surface area (Å²) in [5.41, 5.74) is 0. The van der Waals surface area contributed by atoms with E-state index in [9.17, 15) is 9.90 Å². The minimum Gasteiger partial charge on any atom is -0.386 e. The van der Waals surface area contributed by atoms with Crippen LogP contribution in [0.25, 0.3) is 0 Å². The summed E-state index contributed by atoms with van der Waals surface area (Å²) in [7, 11) is 1.61. The predicted molar refractivity (Wildman–Crippen MR) is 60.8 cm³/mol. The molecule has 84 valence electrons. The molecule has 5 heteroatoms. The maximum Gasteiger partial charge on any atom is 0.221 e. The fourth-order valence-electron chi connectivity index (χ4n) is 1.15. The molecule has 0 spiro atoms. The summed E-state index contributed by atoms with van der Waals surface area (Å²) < 4.78 is 0. The standard InChI is InChI=1S/C10H16N2O2S/c1-11-10(14)4-5-12-7-8(13)9-3-2-6-15-9/h2-3,6,8,12-13H,4-5,7H2,1H3,(H,11,14). The Labute approximate surface area is 93.3 Å². The number of nitrogens with one attached hydrogen (secondary N) is 2. The van der Waals surface area contributed by atoms with Crippen molar-refractivity contribution in [2.75, 3.05) is 20.1 Å². The highest BCUT2D eigenvalue weighted by atomic mass is 32.1. The molecule has 1 aromatic heterocycles. The third kappa shape index (κ3) is 4.42. The van der Waals surface area contributed by atoms with Crippen LogP contribution >= 0.6 is 11.3 Å². The van der Waals surface area contributed by atoms with Crippen LogP contribution in [0.2, 0.25) is 0 Å². The van der Waals surface area contributed by atoms with Gasteiger partial charge in [-0.1, -0.05) is 6.07 Å². The van der Waals surface area contributed by atoms with Crippen LogP contribution in [0.3, 0.4) is 0 Å². The zero-order chi connectivity index (χ0) is 11.1. The molecule has 15 heavy (non-hydrogen) atoms. The molecule has 3 N–H and O–H groups in total. The zero-order valence-electron chi connectivity index (χ0n) is 8.69. The van der Waals surface area contributed by atoms with Crippen LogP contribution in [0.5, 0.6) is 0 Å². The Bertz CT molecular complexity index is 288. The number of aliphatic hydroxyl groups excluding tert-OH is 1. The normalized spacial score (nSPS) is 12.4. The van der Waals surface area contributed by atoms with Crippen LogP contribution in [-0.2, 0) is 4.79 Å². The molecular weight excluding hydrogens is 212 g/mol. The smallest absolute Gasteiger partial charge is 0.221 e. The van der Waals surface area contributed by atoms with E-state index in [1.807, 2.05) is 17.5 Å². The maximum atomic E-state index is 10.9. The maximum absolute atomic E-state index is 10.9. The molecule has 1 heterocycles. The number of hydrogen-bond donors (Lipinski definition) is 3. The first-order valence-electron chi connectivity index (χ1n) is 4.87. The second kappa shape index (κ2) is 6.55. The minimum atomic E-state index is -0.477. The summed E-state index contributed by atoms with van der Waals surface area (Å²) in [4.78, 5) is 11.8. The first kappa shape index (κ1) is 12.2. The summed E-state index contributed by atoms with van der Waals surface area (Å²) in [5, 5.41) is 17.2. The van der Waals surface area contributed by atoms with Crippen LogP contribution in [0, 0.1) is 0 Å². The molecular formula is C10H16N2O2S. The molecule has 0 aromatic carbocycles. The Morgan fingerprint density at radius 1 is 1.67 bits per heavy atom. The van der Waals surface area contributed by atoms with E-state index in [4.69, 9.17) is 0 Å². The van der Waals surface area contributed by atoms with E-state index in [0.717, 1.165) is 4.88 Å². The van der Waals surface area contributed by atoms with E-state index in [-0.39, 0.29) is 5.91 Å². The second-order valence-electron chi connectivity index (χ2n) is 3.16. The third-order valence-corrected chi connectivity index (χ3v) is 2.99. The van der Waals surface area contributed by atoms with Gasteiger partial charge in [0.05, 0.1) is 0 Å². The van der Waals surface area contributed by atoms with Gasteiger partial charge in [-0.05, 0) is 11.4 Å². The third-order valence-electron chi connectivity index (χ3n) is 2.02. The lowest BCUT2D eigenvalue weighted by atomic mass is 10.3. The lowest BCUT2D eigenvalue weighted by Gasteiger charge is -2.09. The molecule has 1 aromatic rings. The Kier molecular flexibility index (Phi) is 5.31. The van der Waals surface area contributed by atoms with Crippen molar-refractivity contribution in [3.05, 3.63) is 22.4 Å². The molecule has 0 bridgehead atoms. The highest BCUT2D eigenvalue weighted by molar-refractivity contribution is 7.10. The van der Waals surface area contributed by atoms with Gasteiger partial charge in [0.25, 0.3) is 0 Å². The number of aliphatic hydroxyl groups is 1. The second-order valence-corrected chi connectivity index (χ2v) is 4.14. The monoisotopic (exact) mass is 228 g/mol.